The lowest BCUT2D eigenvalue weighted by atomic mass is 9.71. The number of benzene rings is 1. The molecule has 104 valence electrons. The highest BCUT2D eigenvalue weighted by Crippen LogP contribution is 2.40. The molecule has 20 heavy (non-hydrogen) atoms. The Morgan fingerprint density at radius 1 is 1.35 bits per heavy atom. The van der Waals surface area contributed by atoms with E-state index in [1.807, 2.05) is 0 Å². The number of hydrogen-bond donors (Lipinski definition) is 1. The van der Waals surface area contributed by atoms with E-state index in [-0.39, 0.29) is 6.54 Å². The van der Waals surface area contributed by atoms with E-state index in [2.05, 4.69) is 16.4 Å². The van der Waals surface area contributed by atoms with Crippen molar-refractivity contribution in [3.63, 3.8) is 0 Å². The minimum absolute atomic E-state index is 0.134. The zero-order valence-electron chi connectivity index (χ0n) is 11.3. The van der Waals surface area contributed by atoms with Gasteiger partial charge in [0, 0.05) is 11.2 Å². The van der Waals surface area contributed by atoms with Gasteiger partial charge in [0.15, 0.2) is 0 Å². The van der Waals surface area contributed by atoms with Crippen molar-refractivity contribution < 1.29 is 5.11 Å². The molecule has 1 heterocycles. The van der Waals surface area contributed by atoms with E-state index in [0.29, 0.717) is 10.6 Å². The van der Waals surface area contributed by atoms with E-state index in [0.717, 1.165) is 0 Å². The molecule has 0 radical (unpaired) electrons. The Kier molecular flexibility index (Phi) is 3.80. The largest absolute Gasteiger partial charge is 0.382 e. The fourth-order valence-corrected chi connectivity index (χ4v) is 2.15. The number of nitrogens with zero attached hydrogens (tertiary/aromatic N) is 4. The van der Waals surface area contributed by atoms with Crippen molar-refractivity contribution >= 4 is 11.6 Å². The molecule has 0 amide bonds. The Morgan fingerprint density at radius 3 is 2.50 bits per heavy atom. The number of aliphatic hydroxyl groups is 1. The maximum Gasteiger partial charge on any atom is 0.127 e. The van der Waals surface area contributed by atoms with Crippen LogP contribution in [0.4, 0.5) is 0 Å². The molecule has 0 saturated carbocycles. The van der Waals surface area contributed by atoms with Gasteiger partial charge < -0.3 is 5.11 Å². The smallest absolute Gasteiger partial charge is 0.127 e. The maximum absolute atomic E-state index is 11.1. The second-order valence-corrected chi connectivity index (χ2v) is 5.64. The van der Waals surface area contributed by atoms with Crippen molar-refractivity contribution in [2.75, 3.05) is 0 Å². The van der Waals surface area contributed by atoms with Crippen LogP contribution >= 0.6 is 11.6 Å². The van der Waals surface area contributed by atoms with E-state index >= 15 is 0 Å². The normalized spacial score (nSPS) is 14.6. The summed E-state index contributed by atoms with van der Waals surface area (Å²) in [6.07, 6.45) is 3.18. The monoisotopic (exact) mass is 290 g/mol. The molecule has 1 aromatic carbocycles. The number of nitriles is 1. The third-order valence-corrected chi connectivity index (χ3v) is 3.75. The average Bonchev–Trinajstić information content (AvgIpc) is 2.91. The highest BCUT2D eigenvalue weighted by molar-refractivity contribution is 6.30. The van der Waals surface area contributed by atoms with E-state index in [1.165, 1.54) is 10.9 Å². The highest BCUT2D eigenvalue weighted by atomic mass is 35.5. The van der Waals surface area contributed by atoms with Gasteiger partial charge in [-0.2, -0.15) is 5.26 Å². The van der Waals surface area contributed by atoms with Crippen LogP contribution in [0, 0.1) is 16.7 Å². The SMILES string of the molecule is CC(C)(C#N)C(O)(Cn1ccnn1)c1ccc(Cl)cc1. The molecule has 0 saturated heterocycles. The van der Waals surface area contributed by atoms with E-state index in [9.17, 15) is 10.4 Å². The first-order valence-corrected chi connectivity index (χ1v) is 6.51. The van der Waals surface area contributed by atoms with Gasteiger partial charge in [-0.3, -0.25) is 0 Å². The fraction of sp³-hybridized carbons (Fsp3) is 0.357. The fourth-order valence-electron chi connectivity index (χ4n) is 2.02. The Bertz CT molecular complexity index is 616. The minimum atomic E-state index is -1.40. The van der Waals surface area contributed by atoms with E-state index in [1.54, 1.807) is 44.3 Å². The third kappa shape index (κ3) is 2.53. The average molecular weight is 291 g/mol. The summed E-state index contributed by atoms with van der Waals surface area (Å²) >= 11 is 5.88. The lowest BCUT2D eigenvalue weighted by Crippen LogP contribution is -2.44. The van der Waals surface area contributed by atoms with Crippen molar-refractivity contribution in [1.82, 2.24) is 15.0 Å². The van der Waals surface area contributed by atoms with Gasteiger partial charge in [0.2, 0.25) is 0 Å². The first-order valence-electron chi connectivity index (χ1n) is 6.13. The standard InChI is InChI=1S/C14H15ClN4O/c1-13(2,9-16)14(20,10-19-8-7-17-18-19)11-3-5-12(15)6-4-11/h3-8,20H,10H2,1-2H3. The first kappa shape index (κ1) is 14.5. The molecule has 2 aromatic rings. The lowest BCUT2D eigenvalue weighted by molar-refractivity contribution is -0.0624. The molecular weight excluding hydrogens is 276 g/mol. The van der Waals surface area contributed by atoms with E-state index in [4.69, 9.17) is 11.6 Å². The number of rotatable bonds is 4. The Labute approximate surface area is 122 Å². The van der Waals surface area contributed by atoms with Crippen molar-refractivity contribution in [3.8, 4) is 6.07 Å². The summed E-state index contributed by atoms with van der Waals surface area (Å²) in [4.78, 5) is 0. The van der Waals surface area contributed by atoms with Crippen LogP contribution in [0.3, 0.4) is 0 Å². The lowest BCUT2D eigenvalue weighted by Gasteiger charge is -2.38. The van der Waals surface area contributed by atoms with Gasteiger partial charge in [-0.1, -0.05) is 28.9 Å². The molecule has 6 heteroatoms. The molecular formula is C14H15ClN4O. The molecule has 0 bridgehead atoms. The zero-order chi connectivity index (χ0) is 14.8. The predicted molar refractivity (Wildman–Crippen MR) is 74.8 cm³/mol. The molecule has 5 nitrogen and oxygen atoms in total. The molecule has 1 N–H and O–H groups in total. The van der Waals surface area contributed by atoms with Crippen LogP contribution in [0.1, 0.15) is 19.4 Å². The Hall–Kier alpha value is -1.90. The van der Waals surface area contributed by atoms with Crippen LogP contribution < -0.4 is 0 Å². The van der Waals surface area contributed by atoms with Crippen LogP contribution in [0.25, 0.3) is 0 Å². The van der Waals surface area contributed by atoms with Crippen molar-refractivity contribution in [1.29, 1.82) is 5.26 Å². The highest BCUT2D eigenvalue weighted by Gasteiger charge is 2.46. The van der Waals surface area contributed by atoms with Crippen LogP contribution in [0.5, 0.6) is 0 Å². The number of aromatic nitrogens is 3. The minimum Gasteiger partial charge on any atom is -0.382 e. The second kappa shape index (κ2) is 5.23. The number of hydrogen-bond acceptors (Lipinski definition) is 4. The topological polar surface area (TPSA) is 74.7 Å². The molecule has 1 unspecified atom stereocenters. The maximum atomic E-state index is 11.1. The summed E-state index contributed by atoms with van der Waals surface area (Å²) in [6.45, 7) is 3.52. The van der Waals surface area contributed by atoms with Gasteiger partial charge in [0.25, 0.3) is 0 Å². The molecule has 0 aliphatic carbocycles. The Balaban J connectivity index is 2.49. The van der Waals surface area contributed by atoms with Crippen molar-refractivity contribution in [3.05, 3.63) is 47.2 Å². The van der Waals surface area contributed by atoms with E-state index < -0.39 is 11.0 Å². The third-order valence-electron chi connectivity index (χ3n) is 3.50. The van der Waals surface area contributed by atoms with Gasteiger partial charge in [-0.25, -0.2) is 4.68 Å². The summed E-state index contributed by atoms with van der Waals surface area (Å²) in [7, 11) is 0. The van der Waals surface area contributed by atoms with Crippen LogP contribution in [-0.4, -0.2) is 20.1 Å². The van der Waals surface area contributed by atoms with Crippen molar-refractivity contribution in [2.24, 2.45) is 5.41 Å². The molecule has 2 rings (SSSR count). The van der Waals surface area contributed by atoms with Gasteiger partial charge in [-0.15, -0.1) is 5.10 Å². The summed E-state index contributed by atoms with van der Waals surface area (Å²) in [5.41, 5.74) is -1.80. The second-order valence-electron chi connectivity index (χ2n) is 5.20. The van der Waals surface area contributed by atoms with Gasteiger partial charge in [0.05, 0.1) is 24.2 Å². The zero-order valence-corrected chi connectivity index (χ0v) is 12.0. The van der Waals surface area contributed by atoms with Crippen molar-refractivity contribution in [2.45, 2.75) is 26.0 Å². The summed E-state index contributed by atoms with van der Waals surface area (Å²) in [5, 5.41) is 28.7. The quantitative estimate of drug-likeness (QED) is 0.938. The summed E-state index contributed by atoms with van der Waals surface area (Å²) < 4.78 is 1.51. The summed E-state index contributed by atoms with van der Waals surface area (Å²) in [5.74, 6) is 0. The van der Waals surface area contributed by atoms with Crippen LogP contribution in [0.2, 0.25) is 5.02 Å². The van der Waals surface area contributed by atoms with Crippen LogP contribution in [0.15, 0.2) is 36.7 Å². The molecule has 0 spiro atoms. The predicted octanol–water partition coefficient (Wildman–Crippen LogP) is 2.37. The van der Waals surface area contributed by atoms with Gasteiger partial charge in [0.1, 0.15) is 5.60 Å². The molecule has 0 fully saturated rings. The van der Waals surface area contributed by atoms with Gasteiger partial charge in [-0.05, 0) is 31.5 Å². The molecule has 1 atom stereocenters. The van der Waals surface area contributed by atoms with Crippen LogP contribution in [-0.2, 0) is 12.1 Å². The molecule has 1 aromatic heterocycles. The molecule has 0 aliphatic rings. The molecule has 0 aliphatic heterocycles. The Morgan fingerprint density at radius 2 is 2.00 bits per heavy atom. The number of halogens is 1. The first-order chi connectivity index (χ1) is 9.39. The summed E-state index contributed by atoms with van der Waals surface area (Å²) in [6, 6.07) is 8.99. The van der Waals surface area contributed by atoms with Gasteiger partial charge >= 0.3 is 0 Å².